The van der Waals surface area contributed by atoms with Crippen molar-refractivity contribution in [3.05, 3.63) is 35.9 Å². The van der Waals surface area contributed by atoms with Crippen LogP contribution in [-0.4, -0.2) is 24.0 Å². The Labute approximate surface area is 104 Å². The molecule has 2 aliphatic rings. The van der Waals surface area contributed by atoms with E-state index >= 15 is 0 Å². The molecule has 0 aromatic heterocycles. The van der Waals surface area contributed by atoms with Gasteiger partial charge in [0.1, 0.15) is 0 Å². The molecule has 0 amide bonds. The van der Waals surface area contributed by atoms with Crippen LogP contribution in [0.2, 0.25) is 0 Å². The first-order valence-corrected chi connectivity index (χ1v) is 6.76. The van der Waals surface area contributed by atoms with Crippen LogP contribution >= 0.6 is 0 Å². The van der Waals surface area contributed by atoms with Crippen molar-refractivity contribution in [3.8, 4) is 0 Å². The summed E-state index contributed by atoms with van der Waals surface area (Å²) in [7, 11) is 0. The van der Waals surface area contributed by atoms with Gasteiger partial charge in [-0.3, -0.25) is 4.90 Å². The van der Waals surface area contributed by atoms with Gasteiger partial charge in [0.2, 0.25) is 0 Å². The Morgan fingerprint density at radius 1 is 1.29 bits per heavy atom. The minimum absolute atomic E-state index is 0.391. The zero-order valence-corrected chi connectivity index (χ0v) is 10.6. The number of rotatable bonds is 2. The van der Waals surface area contributed by atoms with E-state index in [1.54, 1.807) is 0 Å². The van der Waals surface area contributed by atoms with E-state index in [-0.39, 0.29) is 0 Å². The minimum atomic E-state index is 0.391. The highest BCUT2D eigenvalue weighted by Gasteiger charge is 2.49. The maximum Gasteiger partial charge on any atom is 0.0320 e. The lowest BCUT2D eigenvalue weighted by Gasteiger charge is -2.41. The molecule has 1 heterocycles. The van der Waals surface area contributed by atoms with Gasteiger partial charge < -0.3 is 5.73 Å². The van der Waals surface area contributed by atoms with Gasteiger partial charge in [0, 0.05) is 25.2 Å². The number of nitrogens with two attached hydrogens (primary N) is 1. The van der Waals surface area contributed by atoms with E-state index < -0.39 is 0 Å². The SMILES string of the molecule is C[C@H](c1ccccc1)N1C[C@H](N)C2(CCC2)C1. The normalized spacial score (nSPS) is 29.2. The summed E-state index contributed by atoms with van der Waals surface area (Å²) in [4.78, 5) is 2.57. The highest BCUT2D eigenvalue weighted by atomic mass is 15.2. The van der Waals surface area contributed by atoms with Crippen LogP contribution in [0.3, 0.4) is 0 Å². The number of hydrogen-bond acceptors (Lipinski definition) is 2. The Morgan fingerprint density at radius 3 is 2.53 bits per heavy atom. The highest BCUT2D eigenvalue weighted by Crippen LogP contribution is 2.48. The Kier molecular flexibility index (Phi) is 2.72. The third-order valence-corrected chi connectivity index (χ3v) is 4.91. The Morgan fingerprint density at radius 2 is 2.00 bits per heavy atom. The molecule has 1 aromatic carbocycles. The van der Waals surface area contributed by atoms with Gasteiger partial charge in [-0.2, -0.15) is 0 Å². The van der Waals surface area contributed by atoms with Crippen molar-refractivity contribution in [2.75, 3.05) is 13.1 Å². The fourth-order valence-electron chi connectivity index (χ4n) is 3.43. The van der Waals surface area contributed by atoms with Gasteiger partial charge in [0.05, 0.1) is 0 Å². The molecule has 0 radical (unpaired) electrons. The van der Waals surface area contributed by atoms with Gasteiger partial charge in [0.15, 0.2) is 0 Å². The van der Waals surface area contributed by atoms with Crippen molar-refractivity contribution < 1.29 is 0 Å². The summed E-state index contributed by atoms with van der Waals surface area (Å²) in [6.45, 7) is 4.57. The number of hydrogen-bond donors (Lipinski definition) is 1. The molecule has 1 spiro atoms. The van der Waals surface area contributed by atoms with E-state index in [4.69, 9.17) is 5.73 Å². The van der Waals surface area contributed by atoms with E-state index in [1.807, 2.05) is 0 Å². The second-order valence-corrected chi connectivity index (χ2v) is 5.84. The van der Waals surface area contributed by atoms with Crippen molar-refractivity contribution in [1.29, 1.82) is 0 Å². The van der Waals surface area contributed by atoms with E-state index in [0.29, 0.717) is 17.5 Å². The lowest BCUT2D eigenvalue weighted by atomic mass is 9.66. The first-order chi connectivity index (χ1) is 8.21. The van der Waals surface area contributed by atoms with E-state index in [1.165, 1.54) is 31.4 Å². The molecule has 17 heavy (non-hydrogen) atoms. The fourth-order valence-corrected chi connectivity index (χ4v) is 3.43. The summed E-state index contributed by atoms with van der Waals surface area (Å²) < 4.78 is 0. The van der Waals surface area contributed by atoms with Crippen LogP contribution in [0.25, 0.3) is 0 Å². The fraction of sp³-hybridized carbons (Fsp3) is 0.600. The van der Waals surface area contributed by atoms with Crippen molar-refractivity contribution in [1.82, 2.24) is 4.90 Å². The standard InChI is InChI=1S/C15H22N2/c1-12(13-6-3-2-4-7-13)17-10-14(16)15(11-17)8-5-9-15/h2-4,6-7,12,14H,5,8-11,16H2,1H3/t12-,14+/m1/s1. The molecule has 1 aliphatic carbocycles. The third kappa shape index (κ3) is 1.80. The summed E-state index contributed by atoms with van der Waals surface area (Å²) in [6, 6.07) is 11.7. The summed E-state index contributed by atoms with van der Waals surface area (Å²) in [5.74, 6) is 0. The summed E-state index contributed by atoms with van der Waals surface area (Å²) in [5, 5.41) is 0. The van der Waals surface area contributed by atoms with E-state index in [2.05, 4.69) is 42.2 Å². The molecule has 1 aliphatic heterocycles. The van der Waals surface area contributed by atoms with Gasteiger partial charge in [-0.25, -0.2) is 0 Å². The van der Waals surface area contributed by atoms with Crippen LogP contribution in [0, 0.1) is 5.41 Å². The Balaban J connectivity index is 1.74. The van der Waals surface area contributed by atoms with Crippen LogP contribution in [0.15, 0.2) is 30.3 Å². The Bertz CT molecular complexity index is 383. The van der Waals surface area contributed by atoms with Gasteiger partial charge in [-0.05, 0) is 30.7 Å². The molecule has 1 saturated carbocycles. The highest BCUT2D eigenvalue weighted by molar-refractivity contribution is 5.19. The number of benzene rings is 1. The number of nitrogens with zero attached hydrogens (tertiary/aromatic N) is 1. The molecule has 0 bridgehead atoms. The van der Waals surface area contributed by atoms with Crippen LogP contribution in [0.4, 0.5) is 0 Å². The monoisotopic (exact) mass is 230 g/mol. The average Bonchev–Trinajstić information content (AvgIpc) is 2.67. The van der Waals surface area contributed by atoms with E-state index in [9.17, 15) is 0 Å². The van der Waals surface area contributed by atoms with Crippen LogP contribution in [-0.2, 0) is 0 Å². The van der Waals surface area contributed by atoms with Crippen LogP contribution in [0.5, 0.6) is 0 Å². The molecule has 2 nitrogen and oxygen atoms in total. The maximum atomic E-state index is 6.34. The smallest absolute Gasteiger partial charge is 0.0320 e. The second-order valence-electron chi connectivity index (χ2n) is 5.84. The molecule has 1 aromatic rings. The summed E-state index contributed by atoms with van der Waals surface area (Å²) in [6.07, 6.45) is 4.06. The second kappa shape index (κ2) is 4.11. The maximum absolute atomic E-state index is 6.34. The van der Waals surface area contributed by atoms with Gasteiger partial charge >= 0.3 is 0 Å². The molecule has 2 fully saturated rings. The van der Waals surface area contributed by atoms with Crippen molar-refractivity contribution in [3.63, 3.8) is 0 Å². The van der Waals surface area contributed by atoms with Crippen LogP contribution < -0.4 is 5.73 Å². The average molecular weight is 230 g/mol. The Hall–Kier alpha value is -0.860. The lowest BCUT2D eigenvalue weighted by molar-refractivity contribution is 0.114. The molecule has 2 heteroatoms. The molecule has 1 saturated heterocycles. The zero-order chi connectivity index (χ0) is 11.9. The largest absolute Gasteiger partial charge is 0.326 e. The molecule has 3 rings (SSSR count). The quantitative estimate of drug-likeness (QED) is 0.846. The molecule has 2 atom stereocenters. The first kappa shape index (κ1) is 11.2. The molecule has 2 N–H and O–H groups in total. The summed E-state index contributed by atoms with van der Waals surface area (Å²) in [5.41, 5.74) is 8.21. The first-order valence-electron chi connectivity index (χ1n) is 6.76. The molecular formula is C15H22N2. The predicted molar refractivity (Wildman–Crippen MR) is 70.7 cm³/mol. The molecular weight excluding hydrogens is 208 g/mol. The predicted octanol–water partition coefficient (Wildman–Crippen LogP) is 2.56. The van der Waals surface area contributed by atoms with E-state index in [0.717, 1.165) is 6.54 Å². The van der Waals surface area contributed by atoms with Crippen molar-refractivity contribution >= 4 is 0 Å². The van der Waals surface area contributed by atoms with Crippen LogP contribution in [0.1, 0.15) is 37.8 Å². The third-order valence-electron chi connectivity index (χ3n) is 4.91. The van der Waals surface area contributed by atoms with Gasteiger partial charge in [-0.1, -0.05) is 36.8 Å². The van der Waals surface area contributed by atoms with Crippen molar-refractivity contribution in [2.45, 2.75) is 38.3 Å². The molecule has 92 valence electrons. The van der Waals surface area contributed by atoms with Gasteiger partial charge in [0.25, 0.3) is 0 Å². The minimum Gasteiger partial charge on any atom is -0.326 e. The summed E-state index contributed by atoms with van der Waals surface area (Å²) >= 11 is 0. The lowest BCUT2D eigenvalue weighted by Crippen LogP contribution is -2.45. The zero-order valence-electron chi connectivity index (χ0n) is 10.6. The topological polar surface area (TPSA) is 29.3 Å². The number of likely N-dealkylation sites (tertiary alicyclic amines) is 1. The van der Waals surface area contributed by atoms with Crippen molar-refractivity contribution in [2.24, 2.45) is 11.1 Å². The van der Waals surface area contributed by atoms with Gasteiger partial charge in [-0.15, -0.1) is 0 Å². The molecule has 0 unspecified atom stereocenters.